The molecule has 1 aromatic rings. The molecule has 3 rings (SSSR count). The van der Waals surface area contributed by atoms with Crippen molar-refractivity contribution in [2.45, 2.75) is 64.0 Å². The third kappa shape index (κ3) is 3.49. The van der Waals surface area contributed by atoms with E-state index in [0.717, 1.165) is 25.0 Å². The van der Waals surface area contributed by atoms with Crippen molar-refractivity contribution >= 4 is 18.5 Å². The first-order valence-corrected chi connectivity index (χ1v) is 8.67. The minimum Gasteiger partial charge on any atom is -0.399 e. The molecule has 1 aliphatic heterocycles. The fourth-order valence-corrected chi connectivity index (χ4v) is 2.89. The molecule has 0 aromatic heterocycles. The van der Waals surface area contributed by atoms with Crippen LogP contribution in [0.5, 0.6) is 0 Å². The van der Waals surface area contributed by atoms with Crippen LogP contribution in [-0.4, -0.2) is 42.2 Å². The molecule has 0 N–H and O–H groups in total. The molecule has 1 heterocycles. The van der Waals surface area contributed by atoms with E-state index < -0.39 is 36.0 Å². The largest absolute Gasteiger partial charge is 0.494 e. The monoisotopic (exact) mass is 369 g/mol. The topological polar surface area (TPSA) is 38.8 Å². The fraction of sp³-hybridized carbons (Fsp3) is 0.611. The third-order valence-corrected chi connectivity index (χ3v) is 5.47. The van der Waals surface area contributed by atoms with Gasteiger partial charge in [0.2, 0.25) is 0 Å². The molecule has 0 spiro atoms. The van der Waals surface area contributed by atoms with E-state index in [4.69, 9.17) is 9.31 Å². The van der Waals surface area contributed by atoms with E-state index in [1.165, 1.54) is 11.0 Å². The molecular weight excluding hydrogens is 346 g/mol. The Kier molecular flexibility index (Phi) is 4.43. The molecule has 1 saturated carbocycles. The summed E-state index contributed by atoms with van der Waals surface area (Å²) in [6.07, 6.45) is -2.80. The summed E-state index contributed by atoms with van der Waals surface area (Å²) in [5.41, 5.74) is -2.04. The summed E-state index contributed by atoms with van der Waals surface area (Å²) in [6.45, 7) is 7.31. The van der Waals surface area contributed by atoms with Crippen molar-refractivity contribution in [2.75, 3.05) is 7.05 Å². The second-order valence-corrected chi connectivity index (χ2v) is 8.08. The van der Waals surface area contributed by atoms with Gasteiger partial charge >= 0.3 is 13.3 Å². The van der Waals surface area contributed by atoms with Gasteiger partial charge in [-0.2, -0.15) is 13.2 Å². The standard InChI is InChI=1S/C18H23BF3NO3/c1-16(2)17(3,4)26-19(25-16)13-9-11(8-12(10-13)18(20,21)22)15(24)23(5)14-6-7-14/h8-10,14H,6-7H2,1-5H3. The summed E-state index contributed by atoms with van der Waals surface area (Å²) >= 11 is 0. The van der Waals surface area contributed by atoms with Crippen LogP contribution in [0, 0.1) is 0 Å². The van der Waals surface area contributed by atoms with Crippen LogP contribution in [0.15, 0.2) is 18.2 Å². The van der Waals surface area contributed by atoms with Gasteiger partial charge < -0.3 is 14.2 Å². The van der Waals surface area contributed by atoms with Crippen LogP contribution in [-0.2, 0) is 15.5 Å². The lowest BCUT2D eigenvalue weighted by atomic mass is 9.77. The van der Waals surface area contributed by atoms with Crippen LogP contribution in [0.3, 0.4) is 0 Å². The maximum Gasteiger partial charge on any atom is 0.494 e. The second kappa shape index (κ2) is 5.99. The second-order valence-electron chi connectivity index (χ2n) is 8.08. The van der Waals surface area contributed by atoms with E-state index in [0.29, 0.717) is 0 Å². The Bertz CT molecular complexity index is 713. The number of carbonyl (C=O) groups excluding carboxylic acids is 1. The van der Waals surface area contributed by atoms with E-state index in [1.807, 2.05) is 27.7 Å². The van der Waals surface area contributed by atoms with Crippen LogP contribution in [0.4, 0.5) is 13.2 Å². The summed E-state index contributed by atoms with van der Waals surface area (Å²) in [6, 6.07) is 3.45. The van der Waals surface area contributed by atoms with Crippen LogP contribution in [0.1, 0.15) is 56.5 Å². The predicted molar refractivity (Wildman–Crippen MR) is 92.3 cm³/mol. The smallest absolute Gasteiger partial charge is 0.399 e. The summed E-state index contributed by atoms with van der Waals surface area (Å²) in [5.74, 6) is -0.420. The third-order valence-electron chi connectivity index (χ3n) is 5.47. The zero-order chi connectivity index (χ0) is 19.5. The van der Waals surface area contributed by atoms with Gasteiger partial charge in [0.05, 0.1) is 16.8 Å². The van der Waals surface area contributed by atoms with E-state index in [1.54, 1.807) is 7.05 Å². The molecule has 2 fully saturated rings. The molecule has 0 bridgehead atoms. The van der Waals surface area contributed by atoms with Gasteiger partial charge in [0.25, 0.3) is 5.91 Å². The number of amides is 1. The first kappa shape index (κ1) is 19.2. The average molecular weight is 369 g/mol. The maximum atomic E-state index is 13.4. The van der Waals surface area contributed by atoms with Gasteiger partial charge in [0.1, 0.15) is 0 Å². The van der Waals surface area contributed by atoms with Gasteiger partial charge in [-0.3, -0.25) is 4.79 Å². The zero-order valence-corrected chi connectivity index (χ0v) is 15.6. The summed E-state index contributed by atoms with van der Waals surface area (Å²) < 4.78 is 51.8. The van der Waals surface area contributed by atoms with Gasteiger partial charge in [0.15, 0.2) is 0 Å². The Balaban J connectivity index is 2.00. The number of nitrogens with zero attached hydrogens (tertiary/aromatic N) is 1. The minimum absolute atomic E-state index is 0.000984. The molecular formula is C18H23BF3NO3. The van der Waals surface area contributed by atoms with Crippen molar-refractivity contribution < 1.29 is 27.3 Å². The first-order valence-electron chi connectivity index (χ1n) is 8.67. The first-order chi connectivity index (χ1) is 11.8. The van der Waals surface area contributed by atoms with Gasteiger partial charge in [0, 0.05) is 18.7 Å². The number of carbonyl (C=O) groups is 1. The number of hydrogen-bond acceptors (Lipinski definition) is 3. The Morgan fingerprint density at radius 3 is 2.12 bits per heavy atom. The van der Waals surface area contributed by atoms with Gasteiger partial charge in [-0.05, 0) is 58.1 Å². The molecule has 0 radical (unpaired) electrons. The van der Waals surface area contributed by atoms with Crippen molar-refractivity contribution in [3.8, 4) is 0 Å². The van der Waals surface area contributed by atoms with Crippen molar-refractivity contribution in [3.63, 3.8) is 0 Å². The van der Waals surface area contributed by atoms with E-state index in [-0.39, 0.29) is 17.1 Å². The van der Waals surface area contributed by atoms with E-state index in [2.05, 4.69) is 0 Å². The van der Waals surface area contributed by atoms with Crippen LogP contribution in [0.25, 0.3) is 0 Å². The highest BCUT2D eigenvalue weighted by Gasteiger charge is 2.52. The number of hydrogen-bond donors (Lipinski definition) is 0. The molecule has 0 unspecified atom stereocenters. The van der Waals surface area contributed by atoms with Gasteiger partial charge in [-0.25, -0.2) is 0 Å². The summed E-state index contributed by atoms with van der Waals surface area (Å²) in [5, 5.41) is 0. The number of halogens is 3. The van der Waals surface area contributed by atoms with Crippen molar-refractivity contribution in [3.05, 3.63) is 29.3 Å². The molecule has 1 amide bonds. The molecule has 142 valence electrons. The fourth-order valence-electron chi connectivity index (χ4n) is 2.89. The van der Waals surface area contributed by atoms with E-state index in [9.17, 15) is 18.0 Å². The maximum absolute atomic E-state index is 13.4. The van der Waals surface area contributed by atoms with Crippen LogP contribution < -0.4 is 5.46 Å². The lowest BCUT2D eigenvalue weighted by molar-refractivity contribution is -0.137. The minimum atomic E-state index is -4.56. The molecule has 1 aliphatic carbocycles. The molecule has 0 atom stereocenters. The lowest BCUT2D eigenvalue weighted by Gasteiger charge is -2.32. The molecule has 1 saturated heterocycles. The molecule has 1 aromatic carbocycles. The van der Waals surface area contributed by atoms with E-state index >= 15 is 0 Å². The Morgan fingerprint density at radius 1 is 1.12 bits per heavy atom. The Hall–Kier alpha value is -1.54. The summed E-state index contributed by atoms with van der Waals surface area (Å²) in [4.78, 5) is 14.1. The van der Waals surface area contributed by atoms with Gasteiger partial charge in [-0.15, -0.1) is 0 Å². The van der Waals surface area contributed by atoms with Crippen LogP contribution in [0.2, 0.25) is 0 Å². The average Bonchev–Trinajstić information content (AvgIpc) is 3.32. The SMILES string of the molecule is CN(C(=O)c1cc(B2OC(C)(C)C(C)(C)O2)cc(C(F)(F)F)c1)C1CC1. The number of alkyl halides is 3. The lowest BCUT2D eigenvalue weighted by Crippen LogP contribution is -2.41. The highest BCUT2D eigenvalue weighted by Crippen LogP contribution is 2.37. The van der Waals surface area contributed by atoms with Crippen molar-refractivity contribution in [1.29, 1.82) is 0 Å². The number of rotatable bonds is 3. The van der Waals surface area contributed by atoms with Crippen molar-refractivity contribution in [2.24, 2.45) is 0 Å². The normalized spacial score (nSPS) is 21.8. The van der Waals surface area contributed by atoms with Crippen molar-refractivity contribution in [1.82, 2.24) is 4.90 Å². The molecule has 8 heteroatoms. The Labute approximate surface area is 151 Å². The zero-order valence-electron chi connectivity index (χ0n) is 15.6. The molecule has 26 heavy (non-hydrogen) atoms. The highest BCUT2D eigenvalue weighted by molar-refractivity contribution is 6.62. The van der Waals surface area contributed by atoms with Gasteiger partial charge in [-0.1, -0.05) is 6.07 Å². The Morgan fingerprint density at radius 2 is 1.65 bits per heavy atom. The molecule has 2 aliphatic rings. The highest BCUT2D eigenvalue weighted by atomic mass is 19.4. The summed E-state index contributed by atoms with van der Waals surface area (Å²) in [7, 11) is 0.662. The number of benzene rings is 1. The quantitative estimate of drug-likeness (QED) is 0.768. The van der Waals surface area contributed by atoms with Crippen LogP contribution >= 0.6 is 0 Å². The molecule has 4 nitrogen and oxygen atoms in total. The predicted octanol–water partition coefficient (Wildman–Crippen LogP) is 3.24.